The van der Waals surface area contributed by atoms with E-state index in [-0.39, 0.29) is 24.2 Å². The fourth-order valence-electron chi connectivity index (χ4n) is 3.31. The molecule has 0 saturated carbocycles. The average Bonchev–Trinajstić information content (AvgIpc) is 3.36. The average molecular weight is 390 g/mol. The van der Waals surface area contributed by atoms with Gasteiger partial charge in [0, 0.05) is 36.3 Å². The third-order valence-corrected chi connectivity index (χ3v) is 5.03. The van der Waals surface area contributed by atoms with Crippen LogP contribution in [0, 0.1) is 12.8 Å². The number of nitrogens with one attached hydrogen (secondary N) is 1. The third-order valence-electron chi connectivity index (χ3n) is 5.03. The van der Waals surface area contributed by atoms with Gasteiger partial charge in [-0.1, -0.05) is 29.8 Å². The standard InChI is InChI=1S/C22H22N4O3/c1-3-19-24-22(29-25-19)15-6-8-17(9-7-15)23-21(28)16-12-20(27)26(13-16)18-10-4-14(2)5-11-18/h4-11,16H,3,12-13H2,1-2H3,(H,23,28)/t16-/m1/s1. The number of amides is 2. The highest BCUT2D eigenvalue weighted by molar-refractivity contribution is 6.03. The molecule has 2 heterocycles. The van der Waals surface area contributed by atoms with Gasteiger partial charge in [0.2, 0.25) is 11.8 Å². The lowest BCUT2D eigenvalue weighted by atomic mass is 10.1. The molecule has 29 heavy (non-hydrogen) atoms. The topological polar surface area (TPSA) is 88.3 Å². The molecule has 1 aliphatic heterocycles. The summed E-state index contributed by atoms with van der Waals surface area (Å²) in [6.07, 6.45) is 0.914. The molecule has 1 aromatic heterocycles. The second kappa shape index (κ2) is 7.87. The van der Waals surface area contributed by atoms with Crippen LogP contribution in [0.5, 0.6) is 0 Å². The largest absolute Gasteiger partial charge is 0.334 e. The Morgan fingerprint density at radius 3 is 2.55 bits per heavy atom. The number of hydrogen-bond acceptors (Lipinski definition) is 5. The molecule has 1 saturated heterocycles. The molecule has 1 N–H and O–H groups in total. The van der Waals surface area contributed by atoms with Crippen molar-refractivity contribution in [3.63, 3.8) is 0 Å². The number of anilines is 2. The summed E-state index contributed by atoms with van der Waals surface area (Å²) in [5.41, 5.74) is 3.41. The van der Waals surface area contributed by atoms with Crippen LogP contribution < -0.4 is 10.2 Å². The minimum absolute atomic E-state index is 0.0347. The summed E-state index contributed by atoms with van der Waals surface area (Å²) in [6, 6.07) is 15.0. The molecule has 2 amide bonds. The second-order valence-electron chi connectivity index (χ2n) is 7.18. The van der Waals surface area contributed by atoms with Crippen molar-refractivity contribution in [3.8, 4) is 11.5 Å². The first-order chi connectivity index (χ1) is 14.0. The summed E-state index contributed by atoms with van der Waals surface area (Å²) in [5, 5.41) is 6.78. The maximum absolute atomic E-state index is 12.7. The van der Waals surface area contributed by atoms with Crippen LogP contribution in [0.3, 0.4) is 0 Å². The molecule has 0 bridgehead atoms. The lowest BCUT2D eigenvalue weighted by molar-refractivity contribution is -0.122. The maximum Gasteiger partial charge on any atom is 0.257 e. The first-order valence-electron chi connectivity index (χ1n) is 9.64. The number of aromatic nitrogens is 2. The van der Waals surface area contributed by atoms with Crippen molar-refractivity contribution in [2.45, 2.75) is 26.7 Å². The van der Waals surface area contributed by atoms with E-state index in [4.69, 9.17) is 4.52 Å². The Labute approximate surface area is 168 Å². The van der Waals surface area contributed by atoms with Crippen LogP contribution in [0.4, 0.5) is 11.4 Å². The Balaban J connectivity index is 1.40. The van der Waals surface area contributed by atoms with E-state index in [2.05, 4.69) is 15.5 Å². The number of rotatable bonds is 5. The number of benzene rings is 2. The van der Waals surface area contributed by atoms with E-state index < -0.39 is 0 Å². The first-order valence-corrected chi connectivity index (χ1v) is 9.64. The van der Waals surface area contributed by atoms with E-state index >= 15 is 0 Å². The van der Waals surface area contributed by atoms with Crippen LogP contribution >= 0.6 is 0 Å². The van der Waals surface area contributed by atoms with Crippen molar-refractivity contribution in [1.82, 2.24) is 10.1 Å². The maximum atomic E-state index is 12.7. The Hall–Kier alpha value is -3.48. The second-order valence-corrected chi connectivity index (χ2v) is 7.18. The molecule has 2 aromatic carbocycles. The van der Waals surface area contributed by atoms with Gasteiger partial charge in [0.1, 0.15) is 0 Å². The van der Waals surface area contributed by atoms with Gasteiger partial charge >= 0.3 is 0 Å². The van der Waals surface area contributed by atoms with Crippen LogP contribution in [0.1, 0.15) is 24.7 Å². The van der Waals surface area contributed by atoms with E-state index in [1.807, 2.05) is 50.2 Å². The van der Waals surface area contributed by atoms with Gasteiger partial charge in [-0.3, -0.25) is 9.59 Å². The van der Waals surface area contributed by atoms with Crippen LogP contribution in [0.15, 0.2) is 53.1 Å². The van der Waals surface area contributed by atoms with E-state index in [0.29, 0.717) is 30.4 Å². The molecule has 1 fully saturated rings. The monoisotopic (exact) mass is 390 g/mol. The minimum atomic E-state index is -0.383. The summed E-state index contributed by atoms with van der Waals surface area (Å²) in [6.45, 7) is 4.34. The van der Waals surface area contributed by atoms with Gasteiger partial charge in [-0.15, -0.1) is 0 Å². The van der Waals surface area contributed by atoms with Crippen molar-refractivity contribution in [2.75, 3.05) is 16.8 Å². The highest BCUT2D eigenvalue weighted by Crippen LogP contribution is 2.27. The molecule has 0 spiro atoms. The molecule has 1 aliphatic rings. The number of carbonyl (C=O) groups excluding carboxylic acids is 2. The van der Waals surface area contributed by atoms with Gasteiger partial charge in [0.05, 0.1) is 5.92 Å². The van der Waals surface area contributed by atoms with Crippen LogP contribution in [-0.4, -0.2) is 28.5 Å². The summed E-state index contributed by atoms with van der Waals surface area (Å²) < 4.78 is 5.23. The van der Waals surface area contributed by atoms with Crippen molar-refractivity contribution in [1.29, 1.82) is 0 Å². The van der Waals surface area contributed by atoms with Gasteiger partial charge in [0.25, 0.3) is 5.89 Å². The van der Waals surface area contributed by atoms with Gasteiger partial charge in [0.15, 0.2) is 5.82 Å². The molecular weight excluding hydrogens is 368 g/mol. The van der Waals surface area contributed by atoms with E-state index in [0.717, 1.165) is 16.8 Å². The summed E-state index contributed by atoms with van der Waals surface area (Å²) >= 11 is 0. The highest BCUT2D eigenvalue weighted by Gasteiger charge is 2.35. The molecule has 0 aliphatic carbocycles. The molecule has 7 heteroatoms. The molecular formula is C22H22N4O3. The minimum Gasteiger partial charge on any atom is -0.334 e. The van der Waals surface area contributed by atoms with Crippen LogP contribution in [0.2, 0.25) is 0 Å². The Morgan fingerprint density at radius 1 is 1.17 bits per heavy atom. The zero-order valence-electron chi connectivity index (χ0n) is 16.4. The highest BCUT2D eigenvalue weighted by atomic mass is 16.5. The van der Waals surface area contributed by atoms with Gasteiger partial charge < -0.3 is 14.7 Å². The number of carbonyl (C=O) groups is 2. The predicted octanol–water partition coefficient (Wildman–Crippen LogP) is 3.60. The first kappa shape index (κ1) is 18.9. The fourth-order valence-corrected chi connectivity index (χ4v) is 3.31. The molecule has 0 unspecified atom stereocenters. The van der Waals surface area contributed by atoms with Crippen molar-refractivity contribution < 1.29 is 14.1 Å². The van der Waals surface area contributed by atoms with E-state index in [9.17, 15) is 9.59 Å². The van der Waals surface area contributed by atoms with Crippen molar-refractivity contribution in [2.24, 2.45) is 5.92 Å². The zero-order chi connectivity index (χ0) is 20.4. The molecule has 4 rings (SSSR count). The SMILES string of the molecule is CCc1noc(-c2ccc(NC(=O)[C@@H]3CC(=O)N(c4ccc(C)cc4)C3)cc2)n1. The van der Waals surface area contributed by atoms with Crippen LogP contribution in [-0.2, 0) is 16.0 Å². The molecule has 148 valence electrons. The summed E-state index contributed by atoms with van der Waals surface area (Å²) in [7, 11) is 0. The normalized spacial score (nSPS) is 16.3. The molecule has 7 nitrogen and oxygen atoms in total. The lowest BCUT2D eigenvalue weighted by Crippen LogP contribution is -2.28. The van der Waals surface area contributed by atoms with Crippen molar-refractivity contribution in [3.05, 3.63) is 59.9 Å². The van der Waals surface area contributed by atoms with Crippen molar-refractivity contribution >= 4 is 23.2 Å². The summed E-state index contributed by atoms with van der Waals surface area (Å²) in [4.78, 5) is 31.0. The fraction of sp³-hybridized carbons (Fsp3) is 0.273. The Bertz CT molecular complexity index is 1020. The van der Waals surface area contributed by atoms with E-state index in [1.165, 1.54) is 0 Å². The van der Waals surface area contributed by atoms with E-state index in [1.54, 1.807) is 17.0 Å². The Kier molecular flexibility index (Phi) is 5.12. The predicted molar refractivity (Wildman–Crippen MR) is 109 cm³/mol. The summed E-state index contributed by atoms with van der Waals surface area (Å²) in [5.74, 6) is 0.530. The Morgan fingerprint density at radius 2 is 1.90 bits per heavy atom. The van der Waals surface area contributed by atoms with Gasteiger partial charge in [-0.05, 0) is 43.3 Å². The number of aryl methyl sites for hydroxylation is 2. The molecule has 1 atom stereocenters. The van der Waals surface area contributed by atoms with Crippen LogP contribution in [0.25, 0.3) is 11.5 Å². The smallest absolute Gasteiger partial charge is 0.257 e. The molecule has 3 aromatic rings. The van der Waals surface area contributed by atoms with Gasteiger partial charge in [-0.25, -0.2) is 0 Å². The number of nitrogens with zero attached hydrogens (tertiary/aromatic N) is 3. The number of hydrogen-bond donors (Lipinski definition) is 1. The lowest BCUT2D eigenvalue weighted by Gasteiger charge is -2.17. The quantitative estimate of drug-likeness (QED) is 0.719. The molecule has 0 radical (unpaired) electrons. The zero-order valence-corrected chi connectivity index (χ0v) is 16.4. The third kappa shape index (κ3) is 4.03. The van der Waals surface area contributed by atoms with Gasteiger partial charge in [-0.2, -0.15) is 4.98 Å².